The molecular formula is C20H17ClN2O4. The number of hydrogen-bond donors (Lipinski definition) is 1. The molecule has 3 aromatic rings. The molecular weight excluding hydrogens is 368 g/mol. The highest BCUT2D eigenvalue weighted by molar-refractivity contribution is 6.30. The summed E-state index contributed by atoms with van der Waals surface area (Å²) in [6.07, 6.45) is 0.801. The molecule has 138 valence electrons. The summed E-state index contributed by atoms with van der Waals surface area (Å²) >= 11 is 5.88. The van der Waals surface area contributed by atoms with E-state index in [1.54, 1.807) is 48.7 Å². The second-order valence-corrected chi connectivity index (χ2v) is 6.19. The number of rotatable bonds is 6. The molecule has 1 unspecified atom stereocenters. The highest BCUT2D eigenvalue weighted by Gasteiger charge is 2.18. The Bertz CT molecular complexity index is 972. The standard InChI is InChI=1S/C20H17ClN2O4/c1-13(27-15-6-2-5-14(21)11-15)20(25)26-12-19(24)23-18-9-3-8-17-16(18)7-4-10-22-17/h2-11,13H,12H2,1H3,(H,23,24). The van der Waals surface area contributed by atoms with E-state index < -0.39 is 24.6 Å². The minimum atomic E-state index is -0.877. The van der Waals surface area contributed by atoms with Gasteiger partial charge < -0.3 is 14.8 Å². The van der Waals surface area contributed by atoms with Crippen LogP contribution < -0.4 is 10.1 Å². The van der Waals surface area contributed by atoms with Gasteiger partial charge in [-0.25, -0.2) is 4.79 Å². The molecule has 0 aliphatic carbocycles. The first-order valence-electron chi connectivity index (χ1n) is 8.25. The molecule has 0 saturated carbocycles. The molecule has 1 heterocycles. The zero-order valence-corrected chi connectivity index (χ0v) is 15.3. The van der Waals surface area contributed by atoms with Crippen LogP contribution in [0.2, 0.25) is 5.02 Å². The predicted octanol–water partition coefficient (Wildman–Crippen LogP) is 3.84. The van der Waals surface area contributed by atoms with Gasteiger partial charge in [0, 0.05) is 16.6 Å². The minimum absolute atomic E-state index is 0.418. The molecule has 1 atom stereocenters. The van der Waals surface area contributed by atoms with Crippen molar-refractivity contribution in [3.05, 3.63) is 65.8 Å². The van der Waals surface area contributed by atoms with Gasteiger partial charge in [0.15, 0.2) is 12.7 Å². The molecule has 0 saturated heterocycles. The highest BCUT2D eigenvalue weighted by Crippen LogP contribution is 2.21. The fourth-order valence-electron chi connectivity index (χ4n) is 2.45. The van der Waals surface area contributed by atoms with E-state index in [-0.39, 0.29) is 0 Å². The molecule has 0 aliphatic heterocycles. The van der Waals surface area contributed by atoms with E-state index in [4.69, 9.17) is 21.1 Å². The largest absolute Gasteiger partial charge is 0.479 e. The van der Waals surface area contributed by atoms with Gasteiger partial charge in [-0.1, -0.05) is 23.7 Å². The fraction of sp³-hybridized carbons (Fsp3) is 0.150. The topological polar surface area (TPSA) is 77.5 Å². The van der Waals surface area contributed by atoms with E-state index in [1.807, 2.05) is 12.1 Å². The Kier molecular flexibility index (Phi) is 5.88. The number of anilines is 1. The van der Waals surface area contributed by atoms with Crippen LogP contribution in [-0.4, -0.2) is 29.6 Å². The summed E-state index contributed by atoms with van der Waals surface area (Å²) < 4.78 is 10.5. The molecule has 7 heteroatoms. The molecule has 0 aliphatic rings. The number of esters is 1. The van der Waals surface area contributed by atoms with Crippen molar-refractivity contribution in [1.29, 1.82) is 0 Å². The van der Waals surface area contributed by atoms with Crippen molar-refractivity contribution in [2.75, 3.05) is 11.9 Å². The smallest absolute Gasteiger partial charge is 0.347 e. The maximum absolute atomic E-state index is 12.1. The Labute approximate surface area is 161 Å². The average Bonchev–Trinajstić information content (AvgIpc) is 2.66. The molecule has 0 spiro atoms. The number of fused-ring (bicyclic) bond motifs is 1. The molecule has 6 nitrogen and oxygen atoms in total. The summed E-state index contributed by atoms with van der Waals surface area (Å²) in [7, 11) is 0. The van der Waals surface area contributed by atoms with Crippen LogP contribution >= 0.6 is 11.6 Å². The van der Waals surface area contributed by atoms with E-state index in [9.17, 15) is 9.59 Å². The molecule has 0 radical (unpaired) electrons. The van der Waals surface area contributed by atoms with Crippen LogP contribution in [0.1, 0.15) is 6.92 Å². The van der Waals surface area contributed by atoms with Crippen molar-refractivity contribution in [2.24, 2.45) is 0 Å². The number of hydrogen-bond acceptors (Lipinski definition) is 5. The number of nitrogens with one attached hydrogen (secondary N) is 1. The van der Waals surface area contributed by atoms with Crippen LogP contribution in [0.15, 0.2) is 60.8 Å². The number of aromatic nitrogens is 1. The first-order chi connectivity index (χ1) is 13.0. The van der Waals surface area contributed by atoms with Crippen LogP contribution in [-0.2, 0) is 14.3 Å². The lowest BCUT2D eigenvalue weighted by atomic mass is 10.2. The van der Waals surface area contributed by atoms with E-state index in [0.717, 1.165) is 10.9 Å². The SMILES string of the molecule is CC(Oc1cccc(Cl)c1)C(=O)OCC(=O)Nc1cccc2ncccc12. The van der Waals surface area contributed by atoms with Crippen LogP contribution in [0.3, 0.4) is 0 Å². The number of carbonyl (C=O) groups is 2. The molecule has 2 aromatic carbocycles. The predicted molar refractivity (Wildman–Crippen MR) is 103 cm³/mol. The second-order valence-electron chi connectivity index (χ2n) is 5.75. The van der Waals surface area contributed by atoms with E-state index in [2.05, 4.69) is 10.3 Å². The van der Waals surface area contributed by atoms with Crippen molar-refractivity contribution in [1.82, 2.24) is 4.98 Å². The number of ether oxygens (including phenoxy) is 2. The van der Waals surface area contributed by atoms with Crippen LogP contribution in [0.25, 0.3) is 10.9 Å². The van der Waals surface area contributed by atoms with Crippen molar-refractivity contribution in [2.45, 2.75) is 13.0 Å². The molecule has 1 amide bonds. The van der Waals surface area contributed by atoms with Gasteiger partial charge in [-0.3, -0.25) is 9.78 Å². The molecule has 1 aromatic heterocycles. The summed E-state index contributed by atoms with van der Waals surface area (Å²) in [5, 5.41) is 4.02. The quantitative estimate of drug-likeness (QED) is 0.653. The molecule has 1 N–H and O–H groups in total. The van der Waals surface area contributed by atoms with Gasteiger partial charge >= 0.3 is 5.97 Å². The van der Waals surface area contributed by atoms with Crippen molar-refractivity contribution in [3.63, 3.8) is 0 Å². The fourth-order valence-corrected chi connectivity index (χ4v) is 2.63. The molecule has 3 rings (SSSR count). The van der Waals surface area contributed by atoms with Crippen LogP contribution in [0.4, 0.5) is 5.69 Å². The third-order valence-electron chi connectivity index (χ3n) is 3.71. The number of carbonyl (C=O) groups excluding carboxylic acids is 2. The number of pyridine rings is 1. The van der Waals surface area contributed by atoms with Crippen molar-refractivity contribution < 1.29 is 19.1 Å². The number of nitrogens with zero attached hydrogens (tertiary/aromatic N) is 1. The third kappa shape index (κ3) is 4.95. The molecule has 0 bridgehead atoms. The number of benzene rings is 2. The lowest BCUT2D eigenvalue weighted by molar-refractivity contribution is -0.153. The highest BCUT2D eigenvalue weighted by atomic mass is 35.5. The monoisotopic (exact) mass is 384 g/mol. The van der Waals surface area contributed by atoms with Gasteiger partial charge in [0.05, 0.1) is 11.2 Å². The van der Waals surface area contributed by atoms with Crippen molar-refractivity contribution in [3.8, 4) is 5.75 Å². The van der Waals surface area contributed by atoms with E-state index >= 15 is 0 Å². The van der Waals surface area contributed by atoms with Gasteiger partial charge in [0.1, 0.15) is 5.75 Å². The average molecular weight is 385 g/mol. The van der Waals surface area contributed by atoms with Crippen LogP contribution in [0, 0.1) is 0 Å². The van der Waals surface area contributed by atoms with Gasteiger partial charge in [-0.15, -0.1) is 0 Å². The summed E-state index contributed by atoms with van der Waals surface area (Å²) in [4.78, 5) is 28.4. The van der Waals surface area contributed by atoms with E-state index in [0.29, 0.717) is 16.5 Å². The number of amides is 1. The summed E-state index contributed by atoms with van der Waals surface area (Å²) in [5.74, 6) is -0.654. The second kappa shape index (κ2) is 8.51. The first kappa shape index (κ1) is 18.7. The van der Waals surface area contributed by atoms with Crippen LogP contribution in [0.5, 0.6) is 5.75 Å². The van der Waals surface area contributed by atoms with E-state index in [1.165, 1.54) is 6.92 Å². The summed E-state index contributed by atoms with van der Waals surface area (Å²) in [6, 6.07) is 15.7. The molecule has 0 fully saturated rings. The molecule has 27 heavy (non-hydrogen) atoms. The minimum Gasteiger partial charge on any atom is -0.479 e. The summed E-state index contributed by atoms with van der Waals surface area (Å²) in [6.45, 7) is 1.12. The lowest BCUT2D eigenvalue weighted by Crippen LogP contribution is -2.29. The first-order valence-corrected chi connectivity index (χ1v) is 8.63. The zero-order chi connectivity index (χ0) is 19.2. The van der Waals surface area contributed by atoms with Gasteiger partial charge in [-0.2, -0.15) is 0 Å². The Morgan fingerprint density at radius 3 is 2.78 bits per heavy atom. The normalized spacial score (nSPS) is 11.6. The Morgan fingerprint density at radius 2 is 1.96 bits per heavy atom. The number of halogens is 1. The van der Waals surface area contributed by atoms with Gasteiger partial charge in [0.2, 0.25) is 0 Å². The maximum atomic E-state index is 12.1. The zero-order valence-electron chi connectivity index (χ0n) is 14.5. The Hall–Kier alpha value is -3.12. The Morgan fingerprint density at radius 1 is 1.15 bits per heavy atom. The maximum Gasteiger partial charge on any atom is 0.347 e. The van der Waals surface area contributed by atoms with Gasteiger partial charge in [0.25, 0.3) is 5.91 Å². The summed E-state index contributed by atoms with van der Waals surface area (Å²) in [5.41, 5.74) is 1.36. The Balaban J connectivity index is 1.54. The lowest BCUT2D eigenvalue weighted by Gasteiger charge is -2.14. The third-order valence-corrected chi connectivity index (χ3v) is 3.94. The van der Waals surface area contributed by atoms with Crippen molar-refractivity contribution >= 4 is 40.1 Å². The van der Waals surface area contributed by atoms with Gasteiger partial charge in [-0.05, 0) is 49.4 Å².